The fourth-order valence-corrected chi connectivity index (χ4v) is 5.08. The molecule has 0 radical (unpaired) electrons. The molecule has 0 unspecified atom stereocenters. The van der Waals surface area contributed by atoms with E-state index in [2.05, 4.69) is 14.4 Å². The molecule has 8 heteroatoms. The van der Waals surface area contributed by atoms with Crippen molar-refractivity contribution in [1.82, 2.24) is 14.4 Å². The summed E-state index contributed by atoms with van der Waals surface area (Å²) in [5, 5.41) is 11.3. The van der Waals surface area contributed by atoms with Crippen molar-refractivity contribution < 1.29 is 23.8 Å². The summed E-state index contributed by atoms with van der Waals surface area (Å²) in [6.45, 7) is 7.56. The van der Waals surface area contributed by atoms with Crippen molar-refractivity contribution in [2.45, 2.75) is 19.5 Å². The lowest BCUT2D eigenvalue weighted by Crippen LogP contribution is -2.42. The van der Waals surface area contributed by atoms with Gasteiger partial charge in [0.15, 0.2) is 11.6 Å². The highest BCUT2D eigenvalue weighted by atomic mass is 19.1. The minimum Gasteiger partial charge on any atom is -0.504 e. The van der Waals surface area contributed by atoms with E-state index in [0.717, 1.165) is 74.7 Å². The number of morpholine rings is 1. The number of hydrogen-bond acceptors (Lipinski definition) is 6. The molecule has 0 spiro atoms. The van der Waals surface area contributed by atoms with Crippen LogP contribution in [0.25, 0.3) is 10.9 Å². The Balaban J connectivity index is 1.42. The predicted octanol–water partition coefficient (Wildman–Crippen LogP) is 3.01. The van der Waals surface area contributed by atoms with Crippen LogP contribution >= 0.6 is 0 Å². The van der Waals surface area contributed by atoms with Crippen molar-refractivity contribution in [3.05, 3.63) is 64.6 Å². The van der Waals surface area contributed by atoms with Gasteiger partial charge in [0.2, 0.25) is 0 Å². The molecule has 1 fully saturated rings. The van der Waals surface area contributed by atoms with Crippen LogP contribution < -0.4 is 0 Å². The molecule has 0 aliphatic carbocycles. The molecule has 3 aromatic rings. The molecule has 2 aliphatic heterocycles. The number of halogens is 1. The zero-order valence-electron chi connectivity index (χ0n) is 19.4. The van der Waals surface area contributed by atoms with Crippen LogP contribution in [0.4, 0.5) is 4.39 Å². The molecule has 0 atom stereocenters. The van der Waals surface area contributed by atoms with Crippen molar-refractivity contribution in [3.63, 3.8) is 0 Å². The number of aromatic hydroxyl groups is 1. The first-order valence-corrected chi connectivity index (χ1v) is 11.8. The number of hydrogen-bond donors (Lipinski definition) is 1. The summed E-state index contributed by atoms with van der Waals surface area (Å²) < 4.78 is 26.8. The molecule has 1 N–H and O–H groups in total. The molecular formula is C26H30FN3O4. The van der Waals surface area contributed by atoms with Crippen molar-refractivity contribution in [1.29, 1.82) is 0 Å². The van der Waals surface area contributed by atoms with Gasteiger partial charge in [0.25, 0.3) is 0 Å². The molecule has 3 heterocycles. The number of fused-ring (bicyclic) bond motifs is 3. The van der Waals surface area contributed by atoms with Gasteiger partial charge in [-0.25, -0.2) is 9.18 Å². The highest BCUT2D eigenvalue weighted by molar-refractivity contribution is 5.92. The number of ether oxygens (including phenoxy) is 2. The lowest BCUT2D eigenvalue weighted by atomic mass is 10.0. The second kappa shape index (κ2) is 9.74. The van der Waals surface area contributed by atoms with Gasteiger partial charge in [0.1, 0.15) is 0 Å². The molecular weight excluding hydrogens is 437 g/mol. The zero-order valence-corrected chi connectivity index (χ0v) is 19.4. The molecule has 2 aliphatic rings. The smallest absolute Gasteiger partial charge is 0.337 e. The second-order valence-corrected chi connectivity index (χ2v) is 8.97. The van der Waals surface area contributed by atoms with Crippen molar-refractivity contribution in [2.24, 2.45) is 0 Å². The Morgan fingerprint density at radius 2 is 1.79 bits per heavy atom. The lowest BCUT2D eigenvalue weighted by molar-refractivity contribution is 0.0326. The molecule has 0 bridgehead atoms. The molecule has 0 amide bonds. The van der Waals surface area contributed by atoms with Crippen molar-refractivity contribution >= 4 is 16.9 Å². The fourth-order valence-electron chi connectivity index (χ4n) is 5.08. The first-order chi connectivity index (χ1) is 16.5. The summed E-state index contributed by atoms with van der Waals surface area (Å²) in [6, 6.07) is 10.4. The Hall–Kier alpha value is -2.94. The van der Waals surface area contributed by atoms with Crippen LogP contribution in [-0.4, -0.2) is 78.5 Å². The molecule has 2 aromatic carbocycles. The van der Waals surface area contributed by atoms with E-state index < -0.39 is 5.82 Å². The molecule has 0 saturated carbocycles. The monoisotopic (exact) mass is 467 g/mol. The Kier molecular flexibility index (Phi) is 6.54. The second-order valence-electron chi connectivity index (χ2n) is 8.97. The summed E-state index contributed by atoms with van der Waals surface area (Å²) >= 11 is 0. The summed E-state index contributed by atoms with van der Waals surface area (Å²) in [6.07, 6.45) is 0.828. The maximum Gasteiger partial charge on any atom is 0.337 e. The Bertz CT molecular complexity index is 1190. The van der Waals surface area contributed by atoms with Gasteiger partial charge in [-0.3, -0.25) is 9.80 Å². The number of benzene rings is 2. The van der Waals surface area contributed by atoms with E-state index >= 15 is 0 Å². The molecule has 5 rings (SSSR count). The van der Waals surface area contributed by atoms with Crippen LogP contribution in [0.2, 0.25) is 0 Å². The van der Waals surface area contributed by atoms with Gasteiger partial charge in [-0.2, -0.15) is 0 Å². The number of phenols is 1. The standard InChI is InChI=1S/C26H30FN3O4/c1-33-26(32)19-4-2-18(3-5-19)16-30-22-8-9-29(11-10-28-12-14-34-15-13-28)17-20(22)24-23(30)7-6-21(27)25(24)31/h2-7,31H,8-17H2,1H3. The number of phenolic OH excluding ortho intramolecular Hbond substituents is 1. The molecule has 1 saturated heterocycles. The third-order valence-electron chi connectivity index (χ3n) is 6.97. The molecule has 1 aromatic heterocycles. The topological polar surface area (TPSA) is 67.2 Å². The number of esters is 1. The van der Waals surface area contributed by atoms with E-state index in [0.29, 0.717) is 24.0 Å². The summed E-state index contributed by atoms with van der Waals surface area (Å²) in [4.78, 5) is 16.6. The molecule has 180 valence electrons. The highest BCUT2D eigenvalue weighted by Gasteiger charge is 2.27. The van der Waals surface area contributed by atoms with Gasteiger partial charge in [0.05, 0.1) is 31.4 Å². The molecule has 34 heavy (non-hydrogen) atoms. The van der Waals surface area contributed by atoms with Gasteiger partial charge in [-0.1, -0.05) is 12.1 Å². The SMILES string of the molecule is COC(=O)c1ccc(Cn2c3c(c4c(O)c(F)ccc42)CN(CCN2CCOCC2)CC3)cc1. The Morgan fingerprint density at radius 1 is 1.06 bits per heavy atom. The average Bonchev–Trinajstić information content (AvgIpc) is 3.18. The minimum atomic E-state index is -0.597. The maximum absolute atomic E-state index is 14.4. The molecule has 7 nitrogen and oxygen atoms in total. The Labute approximate surface area is 198 Å². The van der Waals surface area contributed by atoms with E-state index in [4.69, 9.17) is 9.47 Å². The zero-order chi connectivity index (χ0) is 23.7. The van der Waals surface area contributed by atoms with E-state index in [1.807, 2.05) is 12.1 Å². The fraction of sp³-hybridized carbons (Fsp3) is 0.423. The lowest BCUT2D eigenvalue weighted by Gasteiger charge is -2.32. The van der Waals surface area contributed by atoms with Gasteiger partial charge in [0, 0.05) is 63.3 Å². The third kappa shape index (κ3) is 4.41. The summed E-state index contributed by atoms with van der Waals surface area (Å²) in [5.41, 5.74) is 4.49. The largest absolute Gasteiger partial charge is 0.504 e. The van der Waals surface area contributed by atoms with Gasteiger partial charge >= 0.3 is 5.97 Å². The van der Waals surface area contributed by atoms with Gasteiger partial charge in [-0.05, 0) is 35.4 Å². The van der Waals surface area contributed by atoms with Crippen LogP contribution in [0.3, 0.4) is 0 Å². The normalized spacial score (nSPS) is 17.1. The van der Waals surface area contributed by atoms with Crippen LogP contribution in [0.15, 0.2) is 36.4 Å². The third-order valence-corrected chi connectivity index (χ3v) is 6.97. The maximum atomic E-state index is 14.4. The predicted molar refractivity (Wildman–Crippen MR) is 127 cm³/mol. The number of carbonyl (C=O) groups excluding carboxylic acids is 1. The van der Waals surface area contributed by atoms with E-state index in [-0.39, 0.29) is 11.7 Å². The van der Waals surface area contributed by atoms with Crippen molar-refractivity contribution in [2.75, 3.05) is 53.0 Å². The van der Waals surface area contributed by atoms with E-state index in [1.165, 1.54) is 13.2 Å². The number of carbonyl (C=O) groups is 1. The highest BCUT2D eigenvalue weighted by Crippen LogP contribution is 2.38. The van der Waals surface area contributed by atoms with Crippen LogP contribution in [0.1, 0.15) is 27.2 Å². The minimum absolute atomic E-state index is 0.274. The first kappa shape index (κ1) is 22.8. The van der Waals surface area contributed by atoms with E-state index in [1.54, 1.807) is 18.2 Å². The average molecular weight is 468 g/mol. The number of nitrogens with zero attached hydrogens (tertiary/aromatic N) is 3. The van der Waals surface area contributed by atoms with Crippen LogP contribution in [-0.2, 0) is 29.0 Å². The van der Waals surface area contributed by atoms with E-state index in [9.17, 15) is 14.3 Å². The Morgan fingerprint density at radius 3 is 2.53 bits per heavy atom. The van der Waals surface area contributed by atoms with Crippen LogP contribution in [0, 0.1) is 5.82 Å². The number of methoxy groups -OCH3 is 1. The van der Waals surface area contributed by atoms with Crippen LogP contribution in [0.5, 0.6) is 5.75 Å². The quantitative estimate of drug-likeness (QED) is 0.563. The number of rotatable bonds is 6. The summed E-state index contributed by atoms with van der Waals surface area (Å²) in [7, 11) is 1.37. The van der Waals surface area contributed by atoms with Gasteiger partial charge < -0.3 is 19.1 Å². The van der Waals surface area contributed by atoms with Gasteiger partial charge in [-0.15, -0.1) is 0 Å². The summed E-state index contributed by atoms with van der Waals surface area (Å²) in [5.74, 6) is -1.24. The van der Waals surface area contributed by atoms with Crippen molar-refractivity contribution in [3.8, 4) is 5.75 Å². The first-order valence-electron chi connectivity index (χ1n) is 11.8. The number of aromatic nitrogens is 1.